The Hall–Kier alpha value is -4.34. The third-order valence-electron chi connectivity index (χ3n) is 4.93. The Balaban J connectivity index is 1.48. The molecular weight excluding hydrogens is 477 g/mol. The van der Waals surface area contributed by atoms with Gasteiger partial charge in [-0.3, -0.25) is 0 Å². The van der Waals surface area contributed by atoms with Crippen LogP contribution in [0.2, 0.25) is 0 Å². The molecule has 4 N–H and O–H groups in total. The molecule has 0 fully saturated rings. The van der Waals surface area contributed by atoms with Gasteiger partial charge in [-0.25, -0.2) is 4.79 Å². The minimum Gasteiger partial charge on any atom is -0.493 e. The summed E-state index contributed by atoms with van der Waals surface area (Å²) in [7, 11) is 1.25. The van der Waals surface area contributed by atoms with E-state index in [0.29, 0.717) is 29.1 Å². The lowest BCUT2D eigenvalue weighted by atomic mass is 10.1. The number of benzene rings is 3. The first-order valence-electron chi connectivity index (χ1n) is 10.8. The van der Waals surface area contributed by atoms with Crippen molar-refractivity contribution < 1.29 is 36.9 Å². The molecule has 0 saturated heterocycles. The van der Waals surface area contributed by atoms with Crippen LogP contribution in [-0.4, -0.2) is 26.0 Å². The predicted octanol–water partition coefficient (Wildman–Crippen LogP) is 5.14. The zero-order chi connectivity index (χ0) is 26.1. The van der Waals surface area contributed by atoms with Crippen molar-refractivity contribution in [2.75, 3.05) is 25.2 Å². The Labute approximate surface area is 206 Å². The molecule has 10 heteroatoms. The lowest BCUT2D eigenvalue weighted by Crippen LogP contribution is -2.17. The zero-order valence-electron chi connectivity index (χ0n) is 19.4. The molecule has 0 amide bonds. The number of hydrogen-bond donors (Lipinski definition) is 2. The van der Waals surface area contributed by atoms with Gasteiger partial charge in [0, 0.05) is 23.9 Å². The predicted molar refractivity (Wildman–Crippen MR) is 129 cm³/mol. The monoisotopic (exact) mass is 502 g/mol. The summed E-state index contributed by atoms with van der Waals surface area (Å²) in [4.78, 5) is 12.0. The molecule has 7 nitrogen and oxygen atoms in total. The van der Waals surface area contributed by atoms with Crippen LogP contribution in [0.15, 0.2) is 66.7 Å². The molecule has 0 unspecified atom stereocenters. The summed E-state index contributed by atoms with van der Waals surface area (Å²) in [6.07, 6.45) is -1.45. The fraction of sp³-hybridized carbons (Fsp3) is 0.192. The topological polar surface area (TPSA) is 106 Å². The number of nitrogen functional groups attached to an aromatic ring is 2. The maximum atomic E-state index is 12.5. The van der Waals surface area contributed by atoms with E-state index < -0.39 is 18.1 Å². The Bertz CT molecular complexity index is 1210. The number of carbonyl (C=O) groups is 1. The first-order chi connectivity index (χ1) is 17.1. The summed E-state index contributed by atoms with van der Waals surface area (Å²) in [6, 6.07) is 16.1. The van der Waals surface area contributed by atoms with Gasteiger partial charge in [0.15, 0.2) is 11.5 Å². The number of hydrogen-bond acceptors (Lipinski definition) is 7. The summed E-state index contributed by atoms with van der Waals surface area (Å²) in [5.41, 5.74) is 14.9. The normalized spacial score (nSPS) is 11.3. The van der Waals surface area contributed by atoms with Crippen molar-refractivity contribution in [3.63, 3.8) is 0 Å². The number of alkyl halides is 3. The van der Waals surface area contributed by atoms with Gasteiger partial charge in [-0.1, -0.05) is 18.2 Å². The number of ether oxygens (including phenoxy) is 4. The van der Waals surface area contributed by atoms with Gasteiger partial charge in [0.2, 0.25) is 0 Å². The molecule has 0 aliphatic heterocycles. The number of carbonyl (C=O) groups excluding carboxylic acids is 1. The second kappa shape index (κ2) is 11.9. The van der Waals surface area contributed by atoms with Crippen LogP contribution in [0.3, 0.4) is 0 Å². The molecule has 3 aromatic rings. The molecule has 3 rings (SSSR count). The van der Waals surface area contributed by atoms with Gasteiger partial charge >= 0.3 is 12.3 Å². The third-order valence-corrected chi connectivity index (χ3v) is 4.93. The highest BCUT2D eigenvalue weighted by Crippen LogP contribution is 2.33. The van der Waals surface area contributed by atoms with Crippen LogP contribution in [0, 0.1) is 0 Å². The fourth-order valence-corrected chi connectivity index (χ4v) is 3.17. The summed E-state index contributed by atoms with van der Waals surface area (Å²) in [5, 5.41) is 0. The van der Waals surface area contributed by atoms with E-state index in [1.54, 1.807) is 48.5 Å². The number of nitrogens with two attached hydrogens (primary N) is 2. The van der Waals surface area contributed by atoms with Gasteiger partial charge in [0.25, 0.3) is 0 Å². The molecule has 0 aliphatic rings. The van der Waals surface area contributed by atoms with Gasteiger partial charge < -0.3 is 30.4 Å². The summed E-state index contributed by atoms with van der Waals surface area (Å²) in [6.45, 7) is 0.263. The Morgan fingerprint density at radius 3 is 2.42 bits per heavy atom. The minimum atomic E-state index is -4.82. The average Bonchev–Trinajstić information content (AvgIpc) is 2.84. The van der Waals surface area contributed by atoms with E-state index in [4.69, 9.17) is 25.7 Å². The van der Waals surface area contributed by atoms with Gasteiger partial charge in [-0.05, 0) is 65.2 Å². The van der Waals surface area contributed by atoms with Crippen LogP contribution >= 0.6 is 0 Å². The standard InChI is InChI=1S/C26H25F3N2O5/c1-33-24-14-18(4-10-23(24)36-26(27,28)29)16-35-21-7-2-17(3-8-21)5-11-25(32)34-13-12-19-15-20(30)6-9-22(19)31/h2-11,14-15H,12-13,16,30-31H2,1H3. The first-order valence-corrected chi connectivity index (χ1v) is 10.8. The van der Waals surface area contributed by atoms with E-state index >= 15 is 0 Å². The quantitative estimate of drug-likeness (QED) is 0.225. The minimum absolute atomic E-state index is 0.0582. The molecule has 0 aliphatic carbocycles. The van der Waals surface area contributed by atoms with Crippen LogP contribution in [0.5, 0.6) is 17.2 Å². The van der Waals surface area contributed by atoms with E-state index in [2.05, 4.69) is 4.74 Å². The van der Waals surface area contributed by atoms with Crippen molar-refractivity contribution in [3.05, 3.63) is 83.4 Å². The molecule has 0 saturated carbocycles. The Kier molecular flexibility index (Phi) is 8.66. The molecule has 3 aromatic carbocycles. The molecule has 190 valence electrons. The second-order valence-corrected chi connectivity index (χ2v) is 7.60. The van der Waals surface area contributed by atoms with Crippen molar-refractivity contribution in [3.8, 4) is 17.2 Å². The number of methoxy groups -OCH3 is 1. The number of esters is 1. The summed E-state index contributed by atoms with van der Waals surface area (Å²) in [5.74, 6) is -0.455. The summed E-state index contributed by atoms with van der Waals surface area (Å²) < 4.78 is 57.2. The zero-order valence-corrected chi connectivity index (χ0v) is 19.4. The molecule has 0 heterocycles. The van der Waals surface area contributed by atoms with Gasteiger partial charge in [0.1, 0.15) is 12.4 Å². The van der Waals surface area contributed by atoms with Gasteiger partial charge in [-0.2, -0.15) is 0 Å². The Morgan fingerprint density at radius 2 is 1.72 bits per heavy atom. The molecule has 0 aromatic heterocycles. The second-order valence-electron chi connectivity index (χ2n) is 7.60. The highest BCUT2D eigenvalue weighted by molar-refractivity contribution is 5.87. The molecule has 0 bridgehead atoms. The maximum absolute atomic E-state index is 12.5. The largest absolute Gasteiger partial charge is 0.573 e. The maximum Gasteiger partial charge on any atom is 0.573 e. The smallest absolute Gasteiger partial charge is 0.493 e. The molecule has 36 heavy (non-hydrogen) atoms. The van der Waals surface area contributed by atoms with Crippen LogP contribution in [0.25, 0.3) is 6.08 Å². The number of halogens is 3. The van der Waals surface area contributed by atoms with E-state index in [1.165, 1.54) is 31.4 Å². The van der Waals surface area contributed by atoms with Crippen LogP contribution in [0.4, 0.5) is 24.5 Å². The first kappa shape index (κ1) is 26.3. The molecule has 0 atom stereocenters. The van der Waals surface area contributed by atoms with Crippen LogP contribution < -0.4 is 25.7 Å². The van der Waals surface area contributed by atoms with E-state index in [-0.39, 0.29) is 19.0 Å². The lowest BCUT2D eigenvalue weighted by molar-refractivity contribution is -0.275. The van der Waals surface area contributed by atoms with Crippen LogP contribution in [-0.2, 0) is 22.6 Å². The van der Waals surface area contributed by atoms with Crippen molar-refractivity contribution in [2.24, 2.45) is 0 Å². The van der Waals surface area contributed by atoms with Crippen LogP contribution in [0.1, 0.15) is 16.7 Å². The van der Waals surface area contributed by atoms with Crippen molar-refractivity contribution >= 4 is 23.4 Å². The Morgan fingerprint density at radius 1 is 0.972 bits per heavy atom. The SMILES string of the molecule is COc1cc(COc2ccc(C=CC(=O)OCCc3cc(N)ccc3N)cc2)ccc1OC(F)(F)F. The highest BCUT2D eigenvalue weighted by atomic mass is 19.4. The van der Waals surface area contributed by atoms with E-state index in [1.807, 2.05) is 0 Å². The lowest BCUT2D eigenvalue weighted by Gasteiger charge is -2.14. The molecule has 0 spiro atoms. The highest BCUT2D eigenvalue weighted by Gasteiger charge is 2.32. The van der Waals surface area contributed by atoms with Gasteiger partial charge in [-0.15, -0.1) is 13.2 Å². The van der Waals surface area contributed by atoms with Crippen molar-refractivity contribution in [1.82, 2.24) is 0 Å². The van der Waals surface area contributed by atoms with Crippen molar-refractivity contribution in [2.45, 2.75) is 19.4 Å². The number of rotatable bonds is 10. The summed E-state index contributed by atoms with van der Waals surface area (Å²) >= 11 is 0. The molecule has 0 radical (unpaired) electrons. The van der Waals surface area contributed by atoms with Gasteiger partial charge in [0.05, 0.1) is 13.7 Å². The van der Waals surface area contributed by atoms with E-state index in [9.17, 15) is 18.0 Å². The molecular formula is C26H25F3N2O5. The third kappa shape index (κ3) is 8.15. The van der Waals surface area contributed by atoms with Crippen molar-refractivity contribution in [1.29, 1.82) is 0 Å². The average molecular weight is 502 g/mol. The number of anilines is 2. The van der Waals surface area contributed by atoms with E-state index in [0.717, 1.165) is 11.1 Å². The fourth-order valence-electron chi connectivity index (χ4n) is 3.17.